The highest BCUT2D eigenvalue weighted by molar-refractivity contribution is 14.0. The monoisotopic (exact) mass is 408 g/mol. The summed E-state index contributed by atoms with van der Waals surface area (Å²) in [6, 6.07) is 5.76. The summed E-state index contributed by atoms with van der Waals surface area (Å²) in [5.74, 6) is 3.56. The van der Waals surface area contributed by atoms with E-state index >= 15 is 0 Å². The molecule has 2 N–H and O–H groups in total. The first kappa shape index (κ1) is 17.4. The maximum absolute atomic E-state index is 5.99. The first-order valence-electron chi connectivity index (χ1n) is 6.42. The van der Waals surface area contributed by atoms with Crippen LogP contribution in [-0.4, -0.2) is 54.1 Å². The zero-order valence-electron chi connectivity index (χ0n) is 11.6. The van der Waals surface area contributed by atoms with E-state index in [9.17, 15) is 0 Å². The van der Waals surface area contributed by atoms with Gasteiger partial charge in [-0.3, -0.25) is 4.99 Å². The summed E-state index contributed by atoms with van der Waals surface area (Å²) in [7, 11) is 1.62. The first-order valence-corrected chi connectivity index (χ1v) is 7.57. The number of aliphatic imine (C=N–C) groups is 1. The summed E-state index contributed by atoms with van der Waals surface area (Å²) in [4.78, 5) is 10.9. The van der Waals surface area contributed by atoms with Crippen molar-refractivity contribution in [2.45, 2.75) is 6.42 Å². The normalized spacial score (nSPS) is 15.7. The highest BCUT2D eigenvalue weighted by Gasteiger charge is 2.11. The van der Waals surface area contributed by atoms with Gasteiger partial charge in [-0.15, -0.1) is 24.0 Å². The Labute approximate surface area is 141 Å². The molecule has 0 radical (unpaired) electrons. The van der Waals surface area contributed by atoms with Gasteiger partial charge in [0, 0.05) is 49.3 Å². The SMILES string of the molecule is COc1cccc(CCN=C(N)N2CCSCC2)n1.I. The number of halogens is 1. The van der Waals surface area contributed by atoms with E-state index in [1.54, 1.807) is 7.11 Å². The van der Waals surface area contributed by atoms with Crippen LogP contribution in [0.25, 0.3) is 0 Å². The quantitative estimate of drug-likeness (QED) is 0.466. The zero-order valence-corrected chi connectivity index (χ0v) is 14.8. The van der Waals surface area contributed by atoms with Crippen molar-refractivity contribution in [3.8, 4) is 5.88 Å². The van der Waals surface area contributed by atoms with E-state index in [0.717, 1.165) is 36.7 Å². The molecule has 1 saturated heterocycles. The average Bonchev–Trinajstić information content (AvgIpc) is 2.48. The number of ether oxygens (including phenoxy) is 1. The fourth-order valence-corrected chi connectivity index (χ4v) is 2.79. The maximum atomic E-state index is 5.99. The van der Waals surface area contributed by atoms with Crippen molar-refractivity contribution < 1.29 is 4.74 Å². The highest BCUT2D eigenvalue weighted by atomic mass is 127. The fourth-order valence-electron chi connectivity index (χ4n) is 1.89. The number of rotatable bonds is 4. The molecule has 112 valence electrons. The van der Waals surface area contributed by atoms with Crippen LogP contribution in [0.15, 0.2) is 23.2 Å². The minimum absolute atomic E-state index is 0. The molecule has 1 aliphatic rings. The van der Waals surface area contributed by atoms with Gasteiger partial charge in [-0.1, -0.05) is 6.07 Å². The van der Waals surface area contributed by atoms with Crippen molar-refractivity contribution in [2.24, 2.45) is 10.7 Å². The van der Waals surface area contributed by atoms with Crippen LogP contribution >= 0.6 is 35.7 Å². The topological polar surface area (TPSA) is 63.7 Å². The lowest BCUT2D eigenvalue weighted by Crippen LogP contribution is -2.42. The molecule has 0 aromatic carbocycles. The van der Waals surface area contributed by atoms with E-state index in [0.29, 0.717) is 18.4 Å². The molecule has 0 amide bonds. The molecule has 2 heterocycles. The van der Waals surface area contributed by atoms with Gasteiger partial charge in [0.15, 0.2) is 5.96 Å². The number of hydrogen-bond acceptors (Lipinski definition) is 4. The third-order valence-corrected chi connectivity index (χ3v) is 3.91. The third-order valence-electron chi connectivity index (χ3n) is 2.97. The molecule has 2 rings (SSSR count). The van der Waals surface area contributed by atoms with E-state index in [1.807, 2.05) is 30.0 Å². The van der Waals surface area contributed by atoms with Crippen molar-refractivity contribution in [1.82, 2.24) is 9.88 Å². The predicted molar refractivity (Wildman–Crippen MR) is 95.3 cm³/mol. The lowest BCUT2D eigenvalue weighted by Gasteiger charge is -2.27. The Balaban J connectivity index is 0.00000200. The molecule has 1 fully saturated rings. The van der Waals surface area contributed by atoms with Crippen LogP contribution in [0, 0.1) is 0 Å². The molecule has 1 aromatic rings. The fraction of sp³-hybridized carbons (Fsp3) is 0.538. The number of nitrogens with two attached hydrogens (primary N) is 1. The van der Waals surface area contributed by atoms with Gasteiger partial charge in [0.25, 0.3) is 0 Å². The zero-order chi connectivity index (χ0) is 13.5. The Morgan fingerprint density at radius 3 is 2.90 bits per heavy atom. The first-order chi connectivity index (χ1) is 9.29. The van der Waals surface area contributed by atoms with E-state index in [4.69, 9.17) is 10.5 Å². The Kier molecular flexibility index (Phi) is 8.05. The van der Waals surface area contributed by atoms with Gasteiger partial charge in [-0.2, -0.15) is 11.8 Å². The Morgan fingerprint density at radius 1 is 1.45 bits per heavy atom. The Morgan fingerprint density at radius 2 is 2.20 bits per heavy atom. The van der Waals surface area contributed by atoms with E-state index < -0.39 is 0 Å². The molecule has 5 nitrogen and oxygen atoms in total. The van der Waals surface area contributed by atoms with Gasteiger partial charge in [0.05, 0.1) is 7.11 Å². The van der Waals surface area contributed by atoms with Crippen molar-refractivity contribution in [2.75, 3.05) is 38.2 Å². The van der Waals surface area contributed by atoms with Gasteiger partial charge in [0.2, 0.25) is 5.88 Å². The van der Waals surface area contributed by atoms with Gasteiger partial charge in [-0.05, 0) is 6.07 Å². The van der Waals surface area contributed by atoms with Crippen LogP contribution in [0.3, 0.4) is 0 Å². The van der Waals surface area contributed by atoms with Crippen molar-refractivity contribution in [1.29, 1.82) is 0 Å². The number of guanidine groups is 1. The van der Waals surface area contributed by atoms with Crippen LogP contribution in [0.2, 0.25) is 0 Å². The second kappa shape index (κ2) is 9.28. The van der Waals surface area contributed by atoms with Crippen LogP contribution in [0.1, 0.15) is 5.69 Å². The van der Waals surface area contributed by atoms with Crippen LogP contribution in [0.5, 0.6) is 5.88 Å². The summed E-state index contributed by atoms with van der Waals surface area (Å²) in [5.41, 5.74) is 6.97. The number of aromatic nitrogens is 1. The smallest absolute Gasteiger partial charge is 0.213 e. The second-order valence-corrected chi connectivity index (χ2v) is 5.49. The molecular formula is C13H21IN4OS. The average molecular weight is 408 g/mol. The lowest BCUT2D eigenvalue weighted by atomic mass is 10.3. The van der Waals surface area contributed by atoms with Gasteiger partial charge < -0.3 is 15.4 Å². The highest BCUT2D eigenvalue weighted by Crippen LogP contribution is 2.09. The van der Waals surface area contributed by atoms with E-state index in [1.165, 1.54) is 0 Å². The number of hydrogen-bond donors (Lipinski definition) is 1. The van der Waals surface area contributed by atoms with Crippen molar-refractivity contribution in [3.63, 3.8) is 0 Å². The Hall–Kier alpha value is -0.700. The molecule has 1 aliphatic heterocycles. The third kappa shape index (κ3) is 5.35. The summed E-state index contributed by atoms with van der Waals surface area (Å²) in [6.07, 6.45) is 0.778. The van der Waals surface area contributed by atoms with Crippen LogP contribution in [0.4, 0.5) is 0 Å². The lowest BCUT2D eigenvalue weighted by molar-refractivity contribution is 0.396. The second-order valence-electron chi connectivity index (χ2n) is 4.26. The van der Waals surface area contributed by atoms with Crippen molar-refractivity contribution >= 4 is 41.7 Å². The standard InChI is InChI=1S/C13H20N4OS.HI/c1-18-12-4-2-3-11(16-12)5-6-15-13(14)17-7-9-19-10-8-17;/h2-4H,5-10H2,1H3,(H2,14,15);1H. The Bertz CT molecular complexity index is 438. The summed E-state index contributed by atoms with van der Waals surface area (Å²) in [6.45, 7) is 2.66. The van der Waals surface area contributed by atoms with Gasteiger partial charge >= 0.3 is 0 Å². The molecule has 0 atom stereocenters. The molecule has 0 unspecified atom stereocenters. The molecule has 0 bridgehead atoms. The molecule has 0 aliphatic carbocycles. The van der Waals surface area contributed by atoms with Crippen molar-refractivity contribution in [3.05, 3.63) is 23.9 Å². The number of pyridine rings is 1. The van der Waals surface area contributed by atoms with Gasteiger partial charge in [0.1, 0.15) is 0 Å². The van der Waals surface area contributed by atoms with Gasteiger partial charge in [-0.25, -0.2) is 4.98 Å². The molecule has 0 spiro atoms. The number of methoxy groups -OCH3 is 1. The number of thioether (sulfide) groups is 1. The summed E-state index contributed by atoms with van der Waals surface area (Å²) in [5, 5.41) is 0. The van der Waals surface area contributed by atoms with Crippen LogP contribution in [-0.2, 0) is 6.42 Å². The predicted octanol–water partition coefficient (Wildman–Crippen LogP) is 1.61. The molecular weight excluding hydrogens is 387 g/mol. The van der Waals surface area contributed by atoms with Crippen LogP contribution < -0.4 is 10.5 Å². The van der Waals surface area contributed by atoms with E-state index in [-0.39, 0.29) is 24.0 Å². The molecule has 20 heavy (non-hydrogen) atoms. The minimum atomic E-state index is 0. The summed E-state index contributed by atoms with van der Waals surface area (Å²) < 4.78 is 5.10. The largest absolute Gasteiger partial charge is 0.481 e. The van der Waals surface area contributed by atoms with E-state index in [2.05, 4.69) is 14.9 Å². The minimum Gasteiger partial charge on any atom is -0.481 e. The molecule has 0 saturated carbocycles. The molecule has 7 heteroatoms. The molecule has 1 aromatic heterocycles. The summed E-state index contributed by atoms with van der Waals surface area (Å²) >= 11 is 1.96. The maximum Gasteiger partial charge on any atom is 0.213 e. The number of nitrogens with zero attached hydrogens (tertiary/aromatic N) is 3.